The van der Waals surface area contributed by atoms with Gasteiger partial charge >= 0.3 is 0 Å². The number of halogens is 1. The molecule has 0 fully saturated rings. The lowest BCUT2D eigenvalue weighted by Crippen LogP contribution is -2.21. The van der Waals surface area contributed by atoms with Crippen LogP contribution < -0.4 is 25.4 Å². The number of benzene rings is 4. The largest absolute Gasteiger partial charge is 0.497 e. The highest BCUT2D eigenvalue weighted by Gasteiger charge is 2.20. The van der Waals surface area contributed by atoms with Crippen molar-refractivity contribution in [2.75, 3.05) is 7.11 Å². The molecule has 4 aromatic carbocycles. The van der Waals surface area contributed by atoms with E-state index in [0.29, 0.717) is 0 Å². The van der Waals surface area contributed by atoms with Crippen LogP contribution in [0.15, 0.2) is 108 Å². The van der Waals surface area contributed by atoms with Crippen molar-refractivity contribution >= 4 is 39.8 Å². The molecule has 0 aliphatic rings. The maximum atomic E-state index is 6.38. The smallest absolute Gasteiger partial charge is 0.141 e. The fraction of sp³-hybridized carbons (Fsp3) is 0.0400. The standard InChI is InChI=1S/C25H20BrO2P/c1-27-19-16-17-23(22(26)18-19)28-24-14-8-9-15-25(24)29(20-10-4-2-5-11-20)21-12-6-3-7-13-21/h2-18H,1H3. The Kier molecular flexibility index (Phi) is 6.29. The highest BCUT2D eigenvalue weighted by Crippen LogP contribution is 2.39. The van der Waals surface area contributed by atoms with E-state index in [1.165, 1.54) is 15.9 Å². The van der Waals surface area contributed by atoms with Gasteiger partial charge in [0.2, 0.25) is 0 Å². The van der Waals surface area contributed by atoms with Gasteiger partial charge in [-0.2, -0.15) is 0 Å². The Hall–Kier alpha value is -2.61. The summed E-state index contributed by atoms with van der Waals surface area (Å²) in [6, 6.07) is 35.3. The molecule has 0 radical (unpaired) electrons. The molecular formula is C25H20BrO2P. The second-order valence-corrected chi connectivity index (χ2v) is 9.41. The first-order valence-electron chi connectivity index (χ1n) is 9.27. The minimum Gasteiger partial charge on any atom is -0.497 e. The van der Waals surface area contributed by atoms with E-state index in [0.717, 1.165) is 21.7 Å². The van der Waals surface area contributed by atoms with Crippen LogP contribution >= 0.6 is 23.9 Å². The zero-order valence-electron chi connectivity index (χ0n) is 16.0. The Morgan fingerprint density at radius 3 is 1.83 bits per heavy atom. The number of hydrogen-bond donors (Lipinski definition) is 0. The van der Waals surface area contributed by atoms with Crippen molar-refractivity contribution in [3.8, 4) is 17.2 Å². The van der Waals surface area contributed by atoms with E-state index in [4.69, 9.17) is 9.47 Å². The number of rotatable bonds is 6. The van der Waals surface area contributed by atoms with E-state index < -0.39 is 7.92 Å². The topological polar surface area (TPSA) is 18.5 Å². The summed E-state index contributed by atoms with van der Waals surface area (Å²) >= 11 is 3.60. The van der Waals surface area contributed by atoms with Gasteiger partial charge in [-0.1, -0.05) is 78.9 Å². The Labute approximate surface area is 181 Å². The van der Waals surface area contributed by atoms with Gasteiger partial charge in [0.1, 0.15) is 17.2 Å². The van der Waals surface area contributed by atoms with Gasteiger partial charge in [0.05, 0.1) is 11.6 Å². The molecule has 2 nitrogen and oxygen atoms in total. The summed E-state index contributed by atoms with van der Waals surface area (Å²) in [6.45, 7) is 0. The average molecular weight is 463 g/mol. The maximum Gasteiger partial charge on any atom is 0.141 e. The molecule has 0 aromatic heterocycles. The van der Waals surface area contributed by atoms with Crippen LogP contribution in [0.25, 0.3) is 0 Å². The normalized spacial score (nSPS) is 10.7. The molecule has 29 heavy (non-hydrogen) atoms. The van der Waals surface area contributed by atoms with Crippen LogP contribution in [-0.4, -0.2) is 7.11 Å². The van der Waals surface area contributed by atoms with E-state index in [2.05, 4.69) is 88.7 Å². The van der Waals surface area contributed by atoms with Crippen molar-refractivity contribution in [3.05, 3.63) is 108 Å². The van der Waals surface area contributed by atoms with Crippen molar-refractivity contribution in [1.82, 2.24) is 0 Å². The van der Waals surface area contributed by atoms with Crippen LogP contribution in [0.1, 0.15) is 0 Å². The van der Waals surface area contributed by atoms with Gasteiger partial charge < -0.3 is 9.47 Å². The first-order valence-corrected chi connectivity index (χ1v) is 11.4. The summed E-state index contributed by atoms with van der Waals surface area (Å²) < 4.78 is 12.5. The third kappa shape index (κ3) is 4.53. The molecule has 0 aliphatic heterocycles. The third-order valence-corrected chi connectivity index (χ3v) is 7.59. The third-order valence-electron chi connectivity index (χ3n) is 4.49. The van der Waals surface area contributed by atoms with Gasteiger partial charge in [-0.25, -0.2) is 0 Å². The molecule has 4 heteroatoms. The molecule has 0 atom stereocenters. The summed E-state index contributed by atoms with van der Waals surface area (Å²) in [5, 5.41) is 3.76. The van der Waals surface area contributed by atoms with Gasteiger partial charge in [0, 0.05) is 5.30 Å². The van der Waals surface area contributed by atoms with Gasteiger partial charge in [-0.3, -0.25) is 0 Å². The highest BCUT2D eigenvalue weighted by atomic mass is 79.9. The fourth-order valence-electron chi connectivity index (χ4n) is 3.12. The molecule has 0 spiro atoms. The van der Waals surface area contributed by atoms with Crippen LogP contribution in [0.4, 0.5) is 0 Å². The number of hydrogen-bond acceptors (Lipinski definition) is 2. The molecule has 4 rings (SSSR count). The summed E-state index contributed by atoms with van der Waals surface area (Å²) in [5.74, 6) is 2.40. The number of ether oxygens (including phenoxy) is 2. The van der Waals surface area contributed by atoms with Crippen molar-refractivity contribution in [3.63, 3.8) is 0 Å². The van der Waals surface area contributed by atoms with Gasteiger partial charge in [-0.05, 0) is 58.7 Å². The monoisotopic (exact) mass is 462 g/mol. The van der Waals surface area contributed by atoms with Crippen LogP contribution in [-0.2, 0) is 0 Å². The molecular weight excluding hydrogens is 443 g/mol. The molecule has 0 N–H and O–H groups in total. The van der Waals surface area contributed by atoms with Crippen LogP contribution in [0.5, 0.6) is 17.2 Å². The summed E-state index contributed by atoms with van der Waals surface area (Å²) in [7, 11) is 0.910. The molecule has 0 amide bonds. The first kappa shape index (κ1) is 19.7. The van der Waals surface area contributed by atoms with E-state index in [1.54, 1.807) is 7.11 Å². The molecule has 144 valence electrons. The van der Waals surface area contributed by atoms with Crippen molar-refractivity contribution in [1.29, 1.82) is 0 Å². The second kappa shape index (κ2) is 9.26. The SMILES string of the molecule is COc1ccc(Oc2ccccc2P(c2ccccc2)c2ccccc2)c(Br)c1. The molecule has 4 aromatic rings. The van der Waals surface area contributed by atoms with Gasteiger partial charge in [0.25, 0.3) is 0 Å². The predicted octanol–water partition coefficient (Wildman–Crippen LogP) is 6.01. The van der Waals surface area contributed by atoms with E-state index in [1.807, 2.05) is 30.3 Å². The molecule has 0 saturated carbocycles. The highest BCUT2D eigenvalue weighted by molar-refractivity contribution is 9.10. The number of methoxy groups -OCH3 is 1. The number of para-hydroxylation sites is 1. The summed E-state index contributed by atoms with van der Waals surface area (Å²) in [6.07, 6.45) is 0. The molecule has 0 heterocycles. The molecule has 0 unspecified atom stereocenters. The molecule has 0 aliphatic carbocycles. The van der Waals surface area contributed by atoms with Crippen molar-refractivity contribution < 1.29 is 9.47 Å². The minimum absolute atomic E-state index is 0.747. The Morgan fingerprint density at radius 2 is 1.24 bits per heavy atom. The second-order valence-electron chi connectivity index (χ2n) is 6.37. The van der Waals surface area contributed by atoms with Crippen LogP contribution in [0.3, 0.4) is 0 Å². The van der Waals surface area contributed by atoms with Crippen LogP contribution in [0.2, 0.25) is 0 Å². The van der Waals surface area contributed by atoms with E-state index in [9.17, 15) is 0 Å². The lowest BCUT2D eigenvalue weighted by molar-refractivity contribution is 0.412. The minimum atomic E-state index is -0.747. The van der Waals surface area contributed by atoms with E-state index >= 15 is 0 Å². The fourth-order valence-corrected chi connectivity index (χ4v) is 5.93. The lowest BCUT2D eigenvalue weighted by Gasteiger charge is -2.22. The first-order chi connectivity index (χ1) is 14.3. The summed E-state index contributed by atoms with van der Waals surface area (Å²) in [5.41, 5.74) is 0. The predicted molar refractivity (Wildman–Crippen MR) is 126 cm³/mol. The lowest BCUT2D eigenvalue weighted by atomic mass is 10.3. The van der Waals surface area contributed by atoms with E-state index in [-0.39, 0.29) is 0 Å². The Morgan fingerprint density at radius 1 is 0.655 bits per heavy atom. The van der Waals surface area contributed by atoms with Gasteiger partial charge in [0.15, 0.2) is 0 Å². The van der Waals surface area contributed by atoms with Gasteiger partial charge in [-0.15, -0.1) is 0 Å². The zero-order chi connectivity index (χ0) is 20.1. The Balaban J connectivity index is 1.79. The molecule has 0 bridgehead atoms. The Bertz CT molecular complexity index is 1040. The quantitative estimate of drug-likeness (QED) is 0.326. The molecule has 0 saturated heterocycles. The van der Waals surface area contributed by atoms with Crippen molar-refractivity contribution in [2.24, 2.45) is 0 Å². The maximum absolute atomic E-state index is 6.38. The van der Waals surface area contributed by atoms with Crippen LogP contribution in [0, 0.1) is 0 Å². The zero-order valence-corrected chi connectivity index (χ0v) is 18.4. The summed E-state index contributed by atoms with van der Waals surface area (Å²) in [4.78, 5) is 0. The average Bonchev–Trinajstić information content (AvgIpc) is 2.78. The van der Waals surface area contributed by atoms with Crippen molar-refractivity contribution in [2.45, 2.75) is 0 Å².